The second-order valence-electron chi connectivity index (χ2n) is 2.84. The molecule has 0 amide bonds. The second kappa shape index (κ2) is 5.63. The van der Waals surface area contributed by atoms with Crippen molar-refractivity contribution in [3.63, 3.8) is 0 Å². The van der Waals surface area contributed by atoms with Crippen LogP contribution in [0.25, 0.3) is 0 Å². The molecule has 0 fully saturated rings. The van der Waals surface area contributed by atoms with Crippen molar-refractivity contribution in [2.45, 2.75) is 20.8 Å². The smallest absolute Gasteiger partial charge is 0.278 e. The second-order valence-corrected chi connectivity index (χ2v) is 2.84. The van der Waals surface area contributed by atoms with Gasteiger partial charge in [-0.2, -0.15) is 0 Å². The quantitative estimate of drug-likeness (QED) is 0.436. The monoisotopic (exact) mass is 213 g/mol. The van der Waals surface area contributed by atoms with E-state index >= 15 is 0 Å². The van der Waals surface area contributed by atoms with Crippen molar-refractivity contribution in [1.82, 2.24) is 4.98 Å². The maximum absolute atomic E-state index is 10.6. The van der Waals surface area contributed by atoms with E-state index in [9.17, 15) is 10.1 Å². The topological polar surface area (TPSA) is 106 Å². The number of nitrogens with zero attached hydrogens (tertiary/aromatic N) is 3. The van der Waals surface area contributed by atoms with Crippen molar-refractivity contribution in [1.29, 1.82) is 0 Å². The standard InChI is InChI=1S/C8H10N2O2.HNO2/c1-5-4-9-7(3)6(2)8(5)10(11)12;2-1-3/h4H,1-3H3;(H,2,3). The molecular formula is C8H11N3O4. The third-order valence-corrected chi connectivity index (χ3v) is 1.91. The molecule has 0 bridgehead atoms. The predicted molar refractivity (Wildman–Crippen MR) is 52.7 cm³/mol. The summed E-state index contributed by atoms with van der Waals surface area (Å²) in [4.78, 5) is 22.3. The Morgan fingerprint density at radius 1 is 1.47 bits per heavy atom. The number of hydrogen-bond donors (Lipinski definition) is 1. The SMILES string of the molecule is Cc1cnc(C)c(C)c1[N+](=O)[O-].O=NO. The minimum Gasteiger partial charge on any atom is -0.379 e. The van der Waals surface area contributed by atoms with E-state index in [1.807, 2.05) is 0 Å². The van der Waals surface area contributed by atoms with Gasteiger partial charge in [0.15, 0.2) is 5.34 Å². The molecule has 0 aliphatic heterocycles. The summed E-state index contributed by atoms with van der Waals surface area (Å²) in [6, 6.07) is 0. The summed E-state index contributed by atoms with van der Waals surface area (Å²) >= 11 is 0. The fraction of sp³-hybridized carbons (Fsp3) is 0.375. The average Bonchev–Trinajstić information content (AvgIpc) is 2.13. The molecule has 0 radical (unpaired) electrons. The number of aromatic nitrogens is 1. The highest BCUT2D eigenvalue weighted by atomic mass is 16.6. The maximum Gasteiger partial charge on any atom is 0.278 e. The molecule has 7 nitrogen and oxygen atoms in total. The van der Waals surface area contributed by atoms with Gasteiger partial charge in [-0.3, -0.25) is 15.1 Å². The van der Waals surface area contributed by atoms with E-state index in [0.717, 1.165) is 0 Å². The summed E-state index contributed by atoms with van der Waals surface area (Å²) in [6.45, 7) is 5.17. The molecule has 0 atom stereocenters. The summed E-state index contributed by atoms with van der Waals surface area (Å²) in [6.07, 6.45) is 1.53. The Hall–Kier alpha value is -2.05. The molecule has 0 aliphatic carbocycles. The van der Waals surface area contributed by atoms with Crippen molar-refractivity contribution >= 4 is 5.69 Å². The third-order valence-electron chi connectivity index (χ3n) is 1.91. The molecule has 15 heavy (non-hydrogen) atoms. The molecule has 0 spiro atoms. The molecule has 1 rings (SSSR count). The zero-order chi connectivity index (χ0) is 12.0. The van der Waals surface area contributed by atoms with Gasteiger partial charge in [0.2, 0.25) is 0 Å². The fourth-order valence-corrected chi connectivity index (χ4v) is 1.10. The van der Waals surface area contributed by atoms with Gasteiger partial charge in [-0.15, -0.1) is 4.91 Å². The number of pyridine rings is 1. The van der Waals surface area contributed by atoms with Crippen LogP contribution < -0.4 is 0 Å². The first kappa shape index (κ1) is 12.9. The van der Waals surface area contributed by atoms with Crippen molar-refractivity contribution in [2.24, 2.45) is 5.34 Å². The van der Waals surface area contributed by atoms with Crippen LogP contribution in [0.4, 0.5) is 5.69 Å². The summed E-state index contributed by atoms with van der Waals surface area (Å²) < 4.78 is 0. The Morgan fingerprint density at radius 3 is 2.27 bits per heavy atom. The first-order chi connectivity index (χ1) is 6.95. The minimum absolute atomic E-state index is 0.183. The van der Waals surface area contributed by atoms with Gasteiger partial charge in [-0.1, -0.05) is 0 Å². The largest absolute Gasteiger partial charge is 0.379 e. The molecule has 1 aromatic heterocycles. The predicted octanol–water partition coefficient (Wildman–Crippen LogP) is 2.06. The summed E-state index contributed by atoms with van der Waals surface area (Å²) in [5, 5.41) is 18.5. The number of nitro groups is 1. The molecule has 1 heterocycles. The van der Waals surface area contributed by atoms with Crippen LogP contribution in [0.2, 0.25) is 0 Å². The lowest BCUT2D eigenvalue weighted by Gasteiger charge is -2.02. The van der Waals surface area contributed by atoms with Gasteiger partial charge in [0.25, 0.3) is 5.69 Å². The van der Waals surface area contributed by atoms with Gasteiger partial charge in [0, 0.05) is 23.0 Å². The minimum atomic E-state index is -0.362. The van der Waals surface area contributed by atoms with Gasteiger partial charge in [-0.25, -0.2) is 0 Å². The van der Waals surface area contributed by atoms with E-state index in [-0.39, 0.29) is 10.6 Å². The molecule has 0 aliphatic rings. The van der Waals surface area contributed by atoms with Crippen molar-refractivity contribution < 1.29 is 10.1 Å². The van der Waals surface area contributed by atoms with E-state index in [0.29, 0.717) is 16.8 Å². The van der Waals surface area contributed by atoms with Crippen molar-refractivity contribution in [2.75, 3.05) is 0 Å². The van der Waals surface area contributed by atoms with E-state index in [1.54, 1.807) is 20.8 Å². The summed E-state index contributed by atoms with van der Waals surface area (Å²) in [5.74, 6) is 0. The normalized spacial score (nSPS) is 8.73. The molecule has 0 unspecified atom stereocenters. The Labute approximate surface area is 85.8 Å². The van der Waals surface area contributed by atoms with Crippen LogP contribution in [0, 0.1) is 35.8 Å². The van der Waals surface area contributed by atoms with E-state index in [2.05, 4.69) is 4.98 Å². The lowest BCUT2D eigenvalue weighted by molar-refractivity contribution is -0.386. The van der Waals surface area contributed by atoms with Crippen molar-refractivity contribution in [3.05, 3.63) is 38.0 Å². The third kappa shape index (κ3) is 3.29. The molecule has 0 aromatic carbocycles. The van der Waals surface area contributed by atoms with Crippen LogP contribution in [0.15, 0.2) is 11.5 Å². The lowest BCUT2D eigenvalue weighted by Crippen LogP contribution is -1.98. The molecule has 7 heteroatoms. The van der Waals surface area contributed by atoms with Crippen LogP contribution >= 0.6 is 0 Å². The Morgan fingerprint density at radius 2 is 1.93 bits per heavy atom. The van der Waals surface area contributed by atoms with Crippen LogP contribution in [-0.4, -0.2) is 15.1 Å². The zero-order valence-electron chi connectivity index (χ0n) is 8.59. The summed E-state index contributed by atoms with van der Waals surface area (Å²) in [7, 11) is 0. The van der Waals surface area contributed by atoms with Crippen LogP contribution in [-0.2, 0) is 0 Å². The molecule has 0 saturated carbocycles. The van der Waals surface area contributed by atoms with Crippen molar-refractivity contribution in [3.8, 4) is 0 Å². The Bertz CT molecular complexity index is 378. The van der Waals surface area contributed by atoms with Gasteiger partial charge >= 0.3 is 0 Å². The van der Waals surface area contributed by atoms with Gasteiger partial charge in [-0.05, 0) is 20.8 Å². The molecule has 82 valence electrons. The van der Waals surface area contributed by atoms with Crippen LogP contribution in [0.3, 0.4) is 0 Å². The van der Waals surface area contributed by atoms with Gasteiger partial charge in [0.1, 0.15) is 0 Å². The number of hydrogen-bond acceptors (Lipinski definition) is 5. The highest BCUT2D eigenvalue weighted by Gasteiger charge is 2.15. The highest BCUT2D eigenvalue weighted by molar-refractivity contribution is 5.46. The van der Waals surface area contributed by atoms with E-state index < -0.39 is 0 Å². The molecular weight excluding hydrogens is 202 g/mol. The first-order valence-corrected chi connectivity index (χ1v) is 3.99. The Kier molecular flexibility index (Phi) is 4.86. The molecule has 0 saturated heterocycles. The van der Waals surface area contributed by atoms with Crippen LogP contribution in [0.5, 0.6) is 0 Å². The number of aryl methyl sites for hydroxylation is 2. The average molecular weight is 213 g/mol. The highest BCUT2D eigenvalue weighted by Crippen LogP contribution is 2.22. The zero-order valence-corrected chi connectivity index (χ0v) is 8.59. The van der Waals surface area contributed by atoms with E-state index in [4.69, 9.17) is 10.1 Å². The lowest BCUT2D eigenvalue weighted by atomic mass is 10.1. The summed E-state index contributed by atoms with van der Waals surface area (Å²) in [5.41, 5.74) is 2.16. The molecule has 1 aromatic rings. The van der Waals surface area contributed by atoms with Gasteiger partial charge < -0.3 is 5.21 Å². The Balaban J connectivity index is 0.000000583. The van der Waals surface area contributed by atoms with Gasteiger partial charge in [0.05, 0.1) is 4.92 Å². The molecule has 1 N–H and O–H groups in total. The number of rotatable bonds is 1. The fourth-order valence-electron chi connectivity index (χ4n) is 1.10. The first-order valence-electron chi connectivity index (χ1n) is 3.99. The maximum atomic E-state index is 10.6. The van der Waals surface area contributed by atoms with E-state index in [1.165, 1.54) is 11.5 Å². The van der Waals surface area contributed by atoms with Crippen LogP contribution in [0.1, 0.15) is 16.8 Å².